The van der Waals surface area contributed by atoms with Crippen molar-refractivity contribution in [2.24, 2.45) is 0 Å². The second-order valence-electron chi connectivity index (χ2n) is 4.82. The number of carbonyl (C=O) groups excluding carboxylic acids is 1. The van der Waals surface area contributed by atoms with Crippen molar-refractivity contribution >= 4 is 21.4 Å². The molecule has 106 valence electrons. The minimum absolute atomic E-state index is 0.0251. The van der Waals surface area contributed by atoms with Crippen LogP contribution in [0.15, 0.2) is 24.3 Å². The number of carbonyl (C=O) groups is 1. The number of hydrogen-bond acceptors (Lipinski definition) is 4. The van der Waals surface area contributed by atoms with Gasteiger partial charge in [0.15, 0.2) is 9.84 Å². The summed E-state index contributed by atoms with van der Waals surface area (Å²) in [7, 11) is -3.07. The molecule has 20 heavy (non-hydrogen) atoms. The summed E-state index contributed by atoms with van der Waals surface area (Å²) in [6.45, 7) is 0.0911. The Morgan fingerprint density at radius 3 is 2.80 bits per heavy atom. The predicted octanol–water partition coefficient (Wildman–Crippen LogP) is 0.531. The van der Waals surface area contributed by atoms with Crippen LogP contribution in [0, 0.1) is 12.3 Å². The van der Waals surface area contributed by atoms with Gasteiger partial charge in [0.25, 0.3) is 5.91 Å². The summed E-state index contributed by atoms with van der Waals surface area (Å²) >= 11 is 0. The van der Waals surface area contributed by atoms with Gasteiger partial charge in [-0.1, -0.05) is 12.0 Å². The maximum Gasteiger partial charge on any atom is 0.254 e. The molecule has 1 aliphatic heterocycles. The van der Waals surface area contributed by atoms with Crippen LogP contribution in [0.4, 0.5) is 5.69 Å². The van der Waals surface area contributed by atoms with E-state index in [1.54, 1.807) is 24.3 Å². The molecule has 2 rings (SSSR count). The van der Waals surface area contributed by atoms with Crippen molar-refractivity contribution in [3.63, 3.8) is 0 Å². The summed E-state index contributed by atoms with van der Waals surface area (Å²) in [6.07, 6.45) is 5.72. The number of benzene rings is 1. The van der Waals surface area contributed by atoms with Crippen molar-refractivity contribution in [3.05, 3.63) is 29.8 Å². The lowest BCUT2D eigenvalue weighted by atomic mass is 10.1. The number of terminal acetylenes is 1. The Morgan fingerprint density at radius 2 is 2.25 bits per heavy atom. The minimum atomic E-state index is -3.07. The SMILES string of the molecule is C#CCN(C(=O)c1cccc(N)c1)C1CCS(=O)(=O)C1. The van der Waals surface area contributed by atoms with Gasteiger partial charge in [-0.2, -0.15) is 0 Å². The Labute approximate surface area is 118 Å². The molecule has 5 nitrogen and oxygen atoms in total. The van der Waals surface area contributed by atoms with Crippen LogP contribution in [0.25, 0.3) is 0 Å². The third-order valence-corrected chi connectivity index (χ3v) is 5.06. The van der Waals surface area contributed by atoms with Crippen LogP contribution in [0.5, 0.6) is 0 Å². The Morgan fingerprint density at radius 1 is 1.50 bits per heavy atom. The lowest BCUT2D eigenvalue weighted by molar-refractivity contribution is 0.0724. The summed E-state index contributed by atoms with van der Waals surface area (Å²) in [5.41, 5.74) is 6.56. The first-order valence-electron chi connectivity index (χ1n) is 6.23. The molecule has 1 atom stereocenters. The Balaban J connectivity index is 2.25. The summed E-state index contributed by atoms with van der Waals surface area (Å²) in [5.74, 6) is 2.21. The zero-order valence-electron chi connectivity index (χ0n) is 11.0. The predicted molar refractivity (Wildman–Crippen MR) is 77.8 cm³/mol. The van der Waals surface area contributed by atoms with Gasteiger partial charge in [0.05, 0.1) is 18.1 Å². The van der Waals surface area contributed by atoms with Crippen LogP contribution in [0.2, 0.25) is 0 Å². The fourth-order valence-corrected chi connectivity index (χ4v) is 4.05. The number of nitrogen functional groups attached to an aromatic ring is 1. The Bertz CT molecular complexity index is 661. The highest BCUT2D eigenvalue weighted by molar-refractivity contribution is 7.91. The largest absolute Gasteiger partial charge is 0.399 e. The first-order valence-corrected chi connectivity index (χ1v) is 8.05. The van der Waals surface area contributed by atoms with E-state index in [0.717, 1.165) is 0 Å². The third-order valence-electron chi connectivity index (χ3n) is 3.31. The molecule has 6 heteroatoms. The van der Waals surface area contributed by atoms with Gasteiger partial charge in [0.1, 0.15) is 0 Å². The fourth-order valence-electron chi connectivity index (χ4n) is 2.32. The molecule has 1 amide bonds. The number of anilines is 1. The molecule has 1 aromatic rings. The van der Waals surface area contributed by atoms with E-state index >= 15 is 0 Å². The standard InChI is InChI=1S/C14H16N2O3S/c1-2-7-16(13-6-8-20(18,19)10-13)14(17)11-4-3-5-12(15)9-11/h1,3-5,9,13H,6-8,10,15H2. The quantitative estimate of drug-likeness (QED) is 0.651. The highest BCUT2D eigenvalue weighted by Crippen LogP contribution is 2.20. The van der Waals surface area contributed by atoms with Gasteiger partial charge in [-0.05, 0) is 24.6 Å². The smallest absolute Gasteiger partial charge is 0.254 e. The molecule has 2 N–H and O–H groups in total. The molecule has 0 aliphatic carbocycles. The van der Waals surface area contributed by atoms with E-state index in [-0.39, 0.29) is 30.0 Å². The van der Waals surface area contributed by atoms with Crippen LogP contribution in [-0.2, 0) is 9.84 Å². The topological polar surface area (TPSA) is 80.5 Å². The Hall–Kier alpha value is -2.00. The number of hydrogen-bond donors (Lipinski definition) is 1. The van der Waals surface area contributed by atoms with Crippen molar-refractivity contribution in [2.75, 3.05) is 23.8 Å². The minimum Gasteiger partial charge on any atom is -0.399 e. The van der Waals surface area contributed by atoms with Gasteiger partial charge in [0.2, 0.25) is 0 Å². The second-order valence-corrected chi connectivity index (χ2v) is 7.05. The lowest BCUT2D eigenvalue weighted by Crippen LogP contribution is -2.41. The van der Waals surface area contributed by atoms with E-state index < -0.39 is 9.84 Å². The zero-order chi connectivity index (χ0) is 14.8. The lowest BCUT2D eigenvalue weighted by Gasteiger charge is -2.26. The maximum atomic E-state index is 12.5. The molecular weight excluding hydrogens is 276 g/mol. The van der Waals surface area contributed by atoms with Gasteiger partial charge >= 0.3 is 0 Å². The number of amides is 1. The molecule has 1 heterocycles. The first-order chi connectivity index (χ1) is 9.43. The van der Waals surface area contributed by atoms with Crippen molar-refractivity contribution in [2.45, 2.75) is 12.5 Å². The highest BCUT2D eigenvalue weighted by atomic mass is 32.2. The van der Waals surface area contributed by atoms with E-state index in [2.05, 4.69) is 5.92 Å². The van der Waals surface area contributed by atoms with Crippen LogP contribution < -0.4 is 5.73 Å². The van der Waals surface area contributed by atoms with Crippen LogP contribution in [-0.4, -0.2) is 43.3 Å². The fraction of sp³-hybridized carbons (Fsp3) is 0.357. The number of sulfone groups is 1. The average molecular weight is 292 g/mol. The molecule has 1 aliphatic rings. The van der Waals surface area contributed by atoms with Crippen LogP contribution in [0.3, 0.4) is 0 Å². The molecule has 1 unspecified atom stereocenters. The monoisotopic (exact) mass is 292 g/mol. The molecule has 0 radical (unpaired) electrons. The average Bonchev–Trinajstić information content (AvgIpc) is 2.75. The van der Waals surface area contributed by atoms with Gasteiger partial charge in [-0.15, -0.1) is 6.42 Å². The normalized spacial score (nSPS) is 20.2. The van der Waals surface area contributed by atoms with Crippen molar-refractivity contribution in [1.29, 1.82) is 0 Å². The van der Waals surface area contributed by atoms with Gasteiger partial charge in [-0.25, -0.2) is 8.42 Å². The molecule has 0 aromatic heterocycles. The number of nitrogens with zero attached hydrogens (tertiary/aromatic N) is 1. The van der Waals surface area contributed by atoms with E-state index in [0.29, 0.717) is 17.7 Å². The summed E-state index contributed by atoms with van der Waals surface area (Å²) in [5, 5.41) is 0. The number of nitrogens with two attached hydrogens (primary N) is 1. The molecule has 0 saturated carbocycles. The molecule has 1 saturated heterocycles. The van der Waals surface area contributed by atoms with Crippen LogP contribution in [0.1, 0.15) is 16.8 Å². The van der Waals surface area contributed by atoms with E-state index in [4.69, 9.17) is 12.2 Å². The van der Waals surface area contributed by atoms with Gasteiger partial charge in [-0.3, -0.25) is 4.79 Å². The second kappa shape index (κ2) is 5.55. The first kappa shape index (κ1) is 14.4. The van der Waals surface area contributed by atoms with E-state index in [9.17, 15) is 13.2 Å². The third kappa shape index (κ3) is 3.11. The van der Waals surface area contributed by atoms with Crippen molar-refractivity contribution in [3.8, 4) is 12.3 Å². The van der Waals surface area contributed by atoms with E-state index in [1.807, 2.05) is 0 Å². The molecule has 1 fully saturated rings. The zero-order valence-corrected chi connectivity index (χ0v) is 11.8. The summed E-state index contributed by atoms with van der Waals surface area (Å²) in [6, 6.07) is 6.22. The summed E-state index contributed by atoms with van der Waals surface area (Å²) in [4.78, 5) is 13.9. The maximum absolute atomic E-state index is 12.5. The number of rotatable bonds is 3. The van der Waals surface area contributed by atoms with Gasteiger partial charge < -0.3 is 10.6 Å². The molecule has 0 spiro atoms. The van der Waals surface area contributed by atoms with Gasteiger partial charge in [0, 0.05) is 17.3 Å². The highest BCUT2D eigenvalue weighted by Gasteiger charge is 2.34. The van der Waals surface area contributed by atoms with Crippen molar-refractivity contribution < 1.29 is 13.2 Å². The molecule has 1 aromatic carbocycles. The molecule has 0 bridgehead atoms. The Kier molecular flexibility index (Phi) is 4.00. The van der Waals surface area contributed by atoms with E-state index in [1.165, 1.54) is 4.90 Å². The van der Waals surface area contributed by atoms with Crippen molar-refractivity contribution in [1.82, 2.24) is 4.90 Å². The summed E-state index contributed by atoms with van der Waals surface area (Å²) < 4.78 is 23.1. The molecular formula is C14H16N2O3S. The van der Waals surface area contributed by atoms with Crippen LogP contribution >= 0.6 is 0 Å².